The zero-order valence-electron chi connectivity index (χ0n) is 11.6. The number of pyridine rings is 1. The lowest BCUT2D eigenvalue weighted by atomic mass is 10.2. The zero-order valence-corrected chi connectivity index (χ0v) is 11.6. The molecule has 0 saturated carbocycles. The van der Waals surface area contributed by atoms with Gasteiger partial charge in [-0.05, 0) is 32.0 Å². The molecule has 5 nitrogen and oxygen atoms in total. The number of rotatable bonds is 4. The Morgan fingerprint density at radius 3 is 3.00 bits per heavy atom. The maximum Gasteiger partial charge on any atom is 0.152 e. The van der Waals surface area contributed by atoms with Crippen molar-refractivity contribution in [3.05, 3.63) is 47.5 Å². The summed E-state index contributed by atoms with van der Waals surface area (Å²) in [4.78, 5) is 15.5. The highest BCUT2D eigenvalue weighted by Gasteiger charge is 2.11. The van der Waals surface area contributed by atoms with Gasteiger partial charge in [-0.15, -0.1) is 0 Å². The number of carbonyl (C=O) groups is 1. The molecule has 0 amide bonds. The van der Waals surface area contributed by atoms with E-state index in [1.165, 1.54) is 0 Å². The third-order valence-electron chi connectivity index (χ3n) is 3.41. The molecule has 0 saturated heterocycles. The standard InChI is InChI=1S/C15H16N4O/c1-3-19-13(7-11(2)17-19)9-18-8-12(10-20)14-5-4-6-16-15(14)18/h4-8,10H,3,9H2,1-2H3. The van der Waals surface area contributed by atoms with Crippen molar-refractivity contribution in [1.29, 1.82) is 0 Å². The molecule has 3 heterocycles. The summed E-state index contributed by atoms with van der Waals surface area (Å²) in [7, 11) is 0. The quantitative estimate of drug-likeness (QED) is 0.683. The van der Waals surface area contributed by atoms with Crippen molar-refractivity contribution in [2.24, 2.45) is 0 Å². The van der Waals surface area contributed by atoms with Crippen LogP contribution in [0, 0.1) is 6.92 Å². The minimum atomic E-state index is 0.663. The van der Waals surface area contributed by atoms with Gasteiger partial charge in [0, 0.05) is 29.9 Å². The molecule has 0 radical (unpaired) electrons. The number of aldehydes is 1. The second-order valence-electron chi connectivity index (χ2n) is 4.80. The Bertz CT molecular complexity index is 769. The van der Waals surface area contributed by atoms with E-state index < -0.39 is 0 Å². The SMILES string of the molecule is CCn1nc(C)cc1Cn1cc(C=O)c2cccnc21. The highest BCUT2D eigenvalue weighted by molar-refractivity contribution is 5.95. The van der Waals surface area contributed by atoms with Crippen LogP contribution in [0.5, 0.6) is 0 Å². The number of carbonyl (C=O) groups excluding carboxylic acids is 1. The first-order chi connectivity index (χ1) is 9.72. The summed E-state index contributed by atoms with van der Waals surface area (Å²) in [6.45, 7) is 5.55. The number of aromatic nitrogens is 4. The fourth-order valence-corrected chi connectivity index (χ4v) is 2.54. The summed E-state index contributed by atoms with van der Waals surface area (Å²) < 4.78 is 3.98. The van der Waals surface area contributed by atoms with E-state index in [-0.39, 0.29) is 0 Å². The second kappa shape index (κ2) is 4.92. The van der Waals surface area contributed by atoms with E-state index in [1.807, 2.05) is 34.5 Å². The lowest BCUT2D eigenvalue weighted by molar-refractivity contribution is 0.112. The molecule has 0 N–H and O–H groups in total. The smallest absolute Gasteiger partial charge is 0.152 e. The number of fused-ring (bicyclic) bond motifs is 1. The monoisotopic (exact) mass is 268 g/mol. The molecule has 0 atom stereocenters. The Balaban J connectivity index is 2.08. The van der Waals surface area contributed by atoms with E-state index >= 15 is 0 Å². The third kappa shape index (κ3) is 2.01. The van der Waals surface area contributed by atoms with Crippen molar-refractivity contribution in [1.82, 2.24) is 19.3 Å². The molecule has 0 spiro atoms. The van der Waals surface area contributed by atoms with Gasteiger partial charge in [0.25, 0.3) is 0 Å². The highest BCUT2D eigenvalue weighted by atomic mass is 16.1. The fraction of sp³-hybridized carbons (Fsp3) is 0.267. The summed E-state index contributed by atoms with van der Waals surface area (Å²) in [5.41, 5.74) is 3.62. The van der Waals surface area contributed by atoms with Crippen LogP contribution in [0.1, 0.15) is 28.7 Å². The maximum atomic E-state index is 11.2. The molecule has 20 heavy (non-hydrogen) atoms. The summed E-state index contributed by atoms with van der Waals surface area (Å²) in [6, 6.07) is 5.84. The first kappa shape index (κ1) is 12.6. The Kier molecular flexibility index (Phi) is 3.10. The first-order valence-corrected chi connectivity index (χ1v) is 6.65. The molecular weight excluding hydrogens is 252 g/mol. The predicted molar refractivity (Wildman–Crippen MR) is 76.9 cm³/mol. The van der Waals surface area contributed by atoms with E-state index in [0.717, 1.165) is 35.3 Å². The van der Waals surface area contributed by atoms with Gasteiger partial charge in [-0.25, -0.2) is 4.98 Å². The molecule has 0 bridgehead atoms. The van der Waals surface area contributed by atoms with Crippen molar-refractivity contribution in [3.8, 4) is 0 Å². The van der Waals surface area contributed by atoms with Crippen LogP contribution in [0.4, 0.5) is 0 Å². The average Bonchev–Trinajstić information content (AvgIpc) is 3.00. The molecule has 0 aliphatic carbocycles. The normalized spacial score (nSPS) is 11.1. The van der Waals surface area contributed by atoms with Gasteiger partial charge in [-0.2, -0.15) is 5.10 Å². The number of nitrogens with zero attached hydrogens (tertiary/aromatic N) is 4. The Labute approximate surface area is 116 Å². The average molecular weight is 268 g/mol. The largest absolute Gasteiger partial charge is 0.326 e. The molecule has 102 valence electrons. The van der Waals surface area contributed by atoms with Gasteiger partial charge in [0.2, 0.25) is 0 Å². The van der Waals surface area contributed by atoms with Gasteiger partial charge >= 0.3 is 0 Å². The van der Waals surface area contributed by atoms with E-state index in [2.05, 4.69) is 23.1 Å². The molecule has 3 aromatic rings. The lowest BCUT2D eigenvalue weighted by Crippen LogP contribution is -2.07. The molecule has 3 rings (SSSR count). The van der Waals surface area contributed by atoms with Crippen LogP contribution in [0.3, 0.4) is 0 Å². The van der Waals surface area contributed by atoms with Crippen LogP contribution in [-0.2, 0) is 13.1 Å². The van der Waals surface area contributed by atoms with Gasteiger partial charge in [0.05, 0.1) is 17.9 Å². The van der Waals surface area contributed by atoms with Crippen LogP contribution >= 0.6 is 0 Å². The van der Waals surface area contributed by atoms with Crippen LogP contribution in [0.2, 0.25) is 0 Å². The molecule has 0 fully saturated rings. The molecule has 5 heteroatoms. The van der Waals surface area contributed by atoms with Crippen LogP contribution in [0.15, 0.2) is 30.6 Å². The number of hydrogen-bond acceptors (Lipinski definition) is 3. The molecular formula is C15H16N4O. The van der Waals surface area contributed by atoms with E-state index in [9.17, 15) is 4.79 Å². The minimum Gasteiger partial charge on any atom is -0.326 e. The van der Waals surface area contributed by atoms with Crippen molar-refractivity contribution in [3.63, 3.8) is 0 Å². The van der Waals surface area contributed by atoms with Crippen LogP contribution in [-0.4, -0.2) is 25.6 Å². The molecule has 0 aliphatic heterocycles. The Morgan fingerprint density at radius 2 is 2.25 bits per heavy atom. The predicted octanol–water partition coefficient (Wildman–Crippen LogP) is 2.42. The van der Waals surface area contributed by atoms with Crippen LogP contribution < -0.4 is 0 Å². The van der Waals surface area contributed by atoms with E-state index in [4.69, 9.17) is 0 Å². The van der Waals surface area contributed by atoms with E-state index in [1.54, 1.807) is 6.20 Å². The summed E-state index contributed by atoms with van der Waals surface area (Å²) in [6.07, 6.45) is 4.48. The first-order valence-electron chi connectivity index (χ1n) is 6.65. The van der Waals surface area contributed by atoms with Gasteiger partial charge in [0.15, 0.2) is 6.29 Å². The number of aryl methyl sites for hydroxylation is 2. The summed E-state index contributed by atoms with van der Waals surface area (Å²) in [5, 5.41) is 5.34. The van der Waals surface area contributed by atoms with E-state index in [0.29, 0.717) is 12.1 Å². The van der Waals surface area contributed by atoms with Gasteiger partial charge in [-0.3, -0.25) is 9.48 Å². The van der Waals surface area contributed by atoms with Crippen molar-refractivity contribution in [2.75, 3.05) is 0 Å². The highest BCUT2D eigenvalue weighted by Crippen LogP contribution is 2.19. The molecule has 3 aromatic heterocycles. The summed E-state index contributed by atoms with van der Waals surface area (Å²) >= 11 is 0. The van der Waals surface area contributed by atoms with Crippen molar-refractivity contribution < 1.29 is 4.79 Å². The van der Waals surface area contributed by atoms with Crippen LogP contribution in [0.25, 0.3) is 11.0 Å². The summed E-state index contributed by atoms with van der Waals surface area (Å²) in [5.74, 6) is 0. The molecule has 0 unspecified atom stereocenters. The van der Waals surface area contributed by atoms with Crippen molar-refractivity contribution >= 4 is 17.3 Å². The minimum absolute atomic E-state index is 0.663. The third-order valence-corrected chi connectivity index (χ3v) is 3.41. The number of hydrogen-bond donors (Lipinski definition) is 0. The Hall–Kier alpha value is -2.43. The van der Waals surface area contributed by atoms with Gasteiger partial charge < -0.3 is 4.57 Å². The molecule has 0 aromatic carbocycles. The zero-order chi connectivity index (χ0) is 14.1. The Morgan fingerprint density at radius 1 is 1.40 bits per heavy atom. The lowest BCUT2D eigenvalue weighted by Gasteiger charge is -2.06. The molecule has 0 aliphatic rings. The fourth-order valence-electron chi connectivity index (χ4n) is 2.54. The van der Waals surface area contributed by atoms with Gasteiger partial charge in [0.1, 0.15) is 5.65 Å². The van der Waals surface area contributed by atoms with Gasteiger partial charge in [-0.1, -0.05) is 0 Å². The van der Waals surface area contributed by atoms with Crippen molar-refractivity contribution in [2.45, 2.75) is 26.9 Å². The second-order valence-corrected chi connectivity index (χ2v) is 4.80. The topological polar surface area (TPSA) is 52.7 Å². The maximum absolute atomic E-state index is 11.2.